The molecule has 0 aliphatic carbocycles. The summed E-state index contributed by atoms with van der Waals surface area (Å²) in [6, 6.07) is 14.9. The highest BCUT2D eigenvalue weighted by atomic mass is 79.9. The number of hydrogen-bond donors (Lipinski definition) is 0. The van der Waals surface area contributed by atoms with Gasteiger partial charge in [-0.25, -0.2) is 4.68 Å². The van der Waals surface area contributed by atoms with Gasteiger partial charge in [-0.2, -0.15) is 5.10 Å². The molecule has 7 heteroatoms. The minimum atomic E-state index is -0.186. The van der Waals surface area contributed by atoms with Gasteiger partial charge in [-0.1, -0.05) is 30.3 Å². The van der Waals surface area contributed by atoms with Gasteiger partial charge in [0.25, 0.3) is 5.56 Å². The van der Waals surface area contributed by atoms with Crippen molar-refractivity contribution < 1.29 is 4.42 Å². The van der Waals surface area contributed by atoms with Crippen molar-refractivity contribution in [2.75, 3.05) is 0 Å². The maximum atomic E-state index is 12.5. The quantitative estimate of drug-likeness (QED) is 0.543. The van der Waals surface area contributed by atoms with E-state index in [1.807, 2.05) is 42.5 Å². The Balaban J connectivity index is 1.69. The summed E-state index contributed by atoms with van der Waals surface area (Å²) in [7, 11) is 0. The molecule has 4 rings (SSSR count). The molecule has 0 fully saturated rings. The van der Waals surface area contributed by atoms with Gasteiger partial charge in [-0.15, -0.1) is 10.2 Å². The zero-order valence-electron chi connectivity index (χ0n) is 12.4. The molecule has 0 N–H and O–H groups in total. The monoisotopic (exact) mass is 382 g/mol. The average molecular weight is 383 g/mol. The molecule has 6 nitrogen and oxygen atoms in total. The summed E-state index contributed by atoms with van der Waals surface area (Å²) < 4.78 is 7.85. The summed E-state index contributed by atoms with van der Waals surface area (Å²) in [6.45, 7) is 0.126. The van der Waals surface area contributed by atoms with Crippen LogP contribution in [0.15, 0.2) is 68.4 Å². The van der Waals surface area contributed by atoms with Gasteiger partial charge in [0.1, 0.15) is 6.54 Å². The molecule has 4 aromatic rings. The molecule has 0 saturated carbocycles. The van der Waals surface area contributed by atoms with E-state index in [0.29, 0.717) is 17.2 Å². The van der Waals surface area contributed by atoms with Crippen molar-refractivity contribution in [2.24, 2.45) is 0 Å². The summed E-state index contributed by atoms with van der Waals surface area (Å²) in [5, 5.41) is 13.6. The number of fused-ring (bicyclic) bond motifs is 1. The molecule has 0 atom stereocenters. The number of halogens is 1. The van der Waals surface area contributed by atoms with Crippen LogP contribution in [0.2, 0.25) is 0 Å². The first-order chi connectivity index (χ1) is 11.7. The van der Waals surface area contributed by atoms with Crippen molar-refractivity contribution in [3.63, 3.8) is 0 Å². The van der Waals surface area contributed by atoms with E-state index >= 15 is 0 Å². The normalized spacial score (nSPS) is 11.0. The van der Waals surface area contributed by atoms with Crippen molar-refractivity contribution in [1.29, 1.82) is 0 Å². The van der Waals surface area contributed by atoms with E-state index in [0.717, 1.165) is 15.4 Å². The summed E-state index contributed by atoms with van der Waals surface area (Å²) in [6.07, 6.45) is 1.65. The molecule has 24 heavy (non-hydrogen) atoms. The Kier molecular flexibility index (Phi) is 3.70. The van der Waals surface area contributed by atoms with Gasteiger partial charge in [-0.3, -0.25) is 4.79 Å². The summed E-state index contributed by atoms with van der Waals surface area (Å²) >= 11 is 3.45. The van der Waals surface area contributed by atoms with E-state index in [9.17, 15) is 4.79 Å². The van der Waals surface area contributed by atoms with Crippen molar-refractivity contribution in [1.82, 2.24) is 20.0 Å². The number of aromatic nitrogens is 4. The molecule has 118 valence electrons. The van der Waals surface area contributed by atoms with Crippen LogP contribution in [0.4, 0.5) is 0 Å². The Bertz CT molecular complexity index is 1090. The van der Waals surface area contributed by atoms with Gasteiger partial charge in [0, 0.05) is 9.86 Å². The fraction of sp³-hybridized carbons (Fsp3) is 0.0588. The fourth-order valence-corrected chi connectivity index (χ4v) is 2.88. The average Bonchev–Trinajstić information content (AvgIpc) is 3.06. The molecule has 0 amide bonds. The molecule has 0 aliphatic heterocycles. The maximum absolute atomic E-state index is 12.5. The van der Waals surface area contributed by atoms with Crippen LogP contribution in [0.25, 0.3) is 22.2 Å². The zero-order chi connectivity index (χ0) is 16.5. The van der Waals surface area contributed by atoms with E-state index in [2.05, 4.69) is 31.2 Å². The lowest BCUT2D eigenvalue weighted by Gasteiger charge is -2.03. The second-order valence-electron chi connectivity index (χ2n) is 5.18. The second kappa shape index (κ2) is 6.01. The lowest BCUT2D eigenvalue weighted by molar-refractivity contribution is 0.466. The summed E-state index contributed by atoms with van der Waals surface area (Å²) in [5.41, 5.74) is 0.615. The van der Waals surface area contributed by atoms with Crippen LogP contribution in [0, 0.1) is 0 Å². The van der Waals surface area contributed by atoms with E-state index < -0.39 is 0 Å². The fourth-order valence-electron chi connectivity index (χ4n) is 2.43. The molecule has 0 unspecified atom stereocenters. The third kappa shape index (κ3) is 2.63. The predicted octanol–water partition coefficient (Wildman–Crippen LogP) is 3.26. The number of hydrogen-bond acceptors (Lipinski definition) is 5. The van der Waals surface area contributed by atoms with Crippen LogP contribution < -0.4 is 5.56 Å². The van der Waals surface area contributed by atoms with Crippen molar-refractivity contribution in [3.8, 4) is 11.5 Å². The van der Waals surface area contributed by atoms with Crippen LogP contribution in [0.5, 0.6) is 0 Å². The van der Waals surface area contributed by atoms with Crippen molar-refractivity contribution >= 4 is 26.7 Å². The highest BCUT2D eigenvalue weighted by Gasteiger charge is 2.13. The Morgan fingerprint density at radius 3 is 2.71 bits per heavy atom. The van der Waals surface area contributed by atoms with Gasteiger partial charge in [0.05, 0.1) is 17.1 Å². The van der Waals surface area contributed by atoms with E-state index in [-0.39, 0.29) is 12.1 Å². The molecule has 0 aliphatic rings. The van der Waals surface area contributed by atoms with Crippen LogP contribution in [-0.2, 0) is 6.54 Å². The molecule has 0 saturated heterocycles. The standard InChI is InChI=1S/C17H11BrN4O2/c18-14-8-4-3-7-13(14)16-21-20-15(24-16)10-22-17(23)12-6-2-1-5-11(12)9-19-22/h1-9H,10H2. The van der Waals surface area contributed by atoms with Gasteiger partial charge in [-0.05, 0) is 34.1 Å². The Hall–Kier alpha value is -2.80. The third-order valence-electron chi connectivity index (χ3n) is 3.62. The Morgan fingerprint density at radius 2 is 1.83 bits per heavy atom. The molecule has 2 aromatic carbocycles. The summed E-state index contributed by atoms with van der Waals surface area (Å²) in [5.74, 6) is 0.719. The zero-order valence-corrected chi connectivity index (χ0v) is 14.0. The van der Waals surface area contributed by atoms with Crippen LogP contribution >= 0.6 is 15.9 Å². The maximum Gasteiger partial charge on any atom is 0.275 e. The molecule has 2 aromatic heterocycles. The molecule has 0 bridgehead atoms. The number of benzene rings is 2. The minimum Gasteiger partial charge on any atom is -0.419 e. The Labute approximate surface area is 144 Å². The highest BCUT2D eigenvalue weighted by molar-refractivity contribution is 9.10. The van der Waals surface area contributed by atoms with E-state index in [1.165, 1.54) is 4.68 Å². The smallest absolute Gasteiger partial charge is 0.275 e. The highest BCUT2D eigenvalue weighted by Crippen LogP contribution is 2.26. The first-order valence-electron chi connectivity index (χ1n) is 7.24. The second-order valence-corrected chi connectivity index (χ2v) is 6.03. The SMILES string of the molecule is O=c1c2ccccc2cnn1Cc1nnc(-c2ccccc2Br)o1. The van der Waals surface area contributed by atoms with Gasteiger partial charge < -0.3 is 4.42 Å². The predicted molar refractivity (Wildman–Crippen MR) is 92.5 cm³/mol. The lowest BCUT2D eigenvalue weighted by Crippen LogP contribution is -2.23. The van der Waals surface area contributed by atoms with E-state index in [1.54, 1.807) is 12.3 Å². The summed E-state index contributed by atoms with van der Waals surface area (Å²) in [4.78, 5) is 12.5. The molecular formula is C17H11BrN4O2. The first kappa shape index (κ1) is 14.8. The van der Waals surface area contributed by atoms with Crippen molar-refractivity contribution in [3.05, 3.63) is 75.4 Å². The number of nitrogens with zero attached hydrogens (tertiary/aromatic N) is 4. The lowest BCUT2D eigenvalue weighted by atomic mass is 10.2. The third-order valence-corrected chi connectivity index (χ3v) is 4.31. The topological polar surface area (TPSA) is 73.8 Å². The largest absolute Gasteiger partial charge is 0.419 e. The van der Waals surface area contributed by atoms with Crippen LogP contribution in [-0.4, -0.2) is 20.0 Å². The van der Waals surface area contributed by atoms with Gasteiger partial charge in [0.2, 0.25) is 11.8 Å². The molecule has 0 spiro atoms. The minimum absolute atomic E-state index is 0.126. The number of rotatable bonds is 3. The Morgan fingerprint density at radius 1 is 1.04 bits per heavy atom. The van der Waals surface area contributed by atoms with Crippen LogP contribution in [0.3, 0.4) is 0 Å². The van der Waals surface area contributed by atoms with Crippen molar-refractivity contribution in [2.45, 2.75) is 6.54 Å². The first-order valence-corrected chi connectivity index (χ1v) is 8.04. The van der Waals surface area contributed by atoms with E-state index in [4.69, 9.17) is 4.42 Å². The molecule has 0 radical (unpaired) electrons. The molecular weight excluding hydrogens is 372 g/mol. The van der Waals surface area contributed by atoms with Gasteiger partial charge >= 0.3 is 0 Å². The molecule has 2 heterocycles. The van der Waals surface area contributed by atoms with Gasteiger partial charge in [0.15, 0.2) is 0 Å². The van der Waals surface area contributed by atoms with Crippen LogP contribution in [0.1, 0.15) is 5.89 Å².